The smallest absolute Gasteiger partial charge is 0.253 e. The third-order valence-electron chi connectivity index (χ3n) is 6.06. The van der Waals surface area contributed by atoms with E-state index in [4.69, 9.17) is 4.52 Å². The van der Waals surface area contributed by atoms with Crippen LogP contribution in [0.25, 0.3) is 10.9 Å². The highest BCUT2D eigenvalue weighted by Gasteiger charge is 2.24. The zero-order chi connectivity index (χ0) is 19.1. The number of benzene rings is 1. The molecule has 1 N–H and O–H groups in total. The number of hydrogen-bond acceptors (Lipinski definition) is 4. The molecule has 1 aliphatic heterocycles. The van der Waals surface area contributed by atoms with Gasteiger partial charge in [0.1, 0.15) is 0 Å². The summed E-state index contributed by atoms with van der Waals surface area (Å²) in [5, 5.41) is 5.18. The van der Waals surface area contributed by atoms with Gasteiger partial charge < -0.3 is 14.4 Å². The summed E-state index contributed by atoms with van der Waals surface area (Å²) in [6, 6.07) is 8.12. The van der Waals surface area contributed by atoms with Crippen molar-refractivity contribution in [3.63, 3.8) is 0 Å². The van der Waals surface area contributed by atoms with Crippen LogP contribution in [0.1, 0.15) is 45.9 Å². The summed E-state index contributed by atoms with van der Waals surface area (Å²) in [4.78, 5) is 20.9. The molecular formula is C22H26N4O2. The van der Waals surface area contributed by atoms with Crippen molar-refractivity contribution in [2.45, 2.75) is 39.2 Å². The molecule has 5 rings (SSSR count). The highest BCUT2D eigenvalue weighted by atomic mass is 16.5. The minimum atomic E-state index is 0.141. The van der Waals surface area contributed by atoms with Crippen LogP contribution in [0.15, 0.2) is 28.8 Å². The van der Waals surface area contributed by atoms with Crippen molar-refractivity contribution in [2.75, 3.05) is 26.2 Å². The van der Waals surface area contributed by atoms with E-state index < -0.39 is 0 Å². The van der Waals surface area contributed by atoms with Gasteiger partial charge >= 0.3 is 0 Å². The molecule has 0 unspecified atom stereocenters. The van der Waals surface area contributed by atoms with E-state index in [0.717, 1.165) is 68.1 Å². The topological polar surface area (TPSA) is 65.4 Å². The van der Waals surface area contributed by atoms with Crippen molar-refractivity contribution < 1.29 is 9.32 Å². The predicted octanol–water partition coefficient (Wildman–Crippen LogP) is 3.30. The quantitative estimate of drug-likeness (QED) is 0.759. The number of hydrogen-bond donors (Lipinski definition) is 1. The van der Waals surface area contributed by atoms with E-state index in [0.29, 0.717) is 0 Å². The SMILES string of the molecule is Cc1cc(CN2CCN(C(=O)c3ccc4[nH]c5c(c4c3)CCCC5)CC2)on1. The third-order valence-corrected chi connectivity index (χ3v) is 6.06. The number of fused-ring (bicyclic) bond motifs is 3. The third kappa shape index (κ3) is 3.22. The van der Waals surface area contributed by atoms with Gasteiger partial charge in [0.05, 0.1) is 12.2 Å². The maximum absolute atomic E-state index is 13.1. The molecule has 28 heavy (non-hydrogen) atoms. The first kappa shape index (κ1) is 17.5. The normalized spacial score (nSPS) is 17.8. The fourth-order valence-corrected chi connectivity index (χ4v) is 4.54. The van der Waals surface area contributed by atoms with Gasteiger partial charge in [-0.1, -0.05) is 5.16 Å². The van der Waals surface area contributed by atoms with E-state index in [1.165, 1.54) is 29.5 Å². The van der Waals surface area contributed by atoms with Crippen LogP contribution in [0.3, 0.4) is 0 Å². The van der Waals surface area contributed by atoms with Crippen LogP contribution in [0.2, 0.25) is 0 Å². The number of rotatable bonds is 3. The van der Waals surface area contributed by atoms with E-state index in [9.17, 15) is 4.79 Å². The van der Waals surface area contributed by atoms with E-state index in [2.05, 4.69) is 27.2 Å². The van der Waals surface area contributed by atoms with Gasteiger partial charge in [-0.2, -0.15) is 0 Å². The number of aromatic nitrogens is 2. The van der Waals surface area contributed by atoms with Crippen molar-refractivity contribution in [1.29, 1.82) is 0 Å². The molecule has 0 bridgehead atoms. The maximum Gasteiger partial charge on any atom is 0.253 e. The molecule has 1 aliphatic carbocycles. The van der Waals surface area contributed by atoms with Gasteiger partial charge in [-0.05, 0) is 56.4 Å². The first-order valence-electron chi connectivity index (χ1n) is 10.2. The van der Waals surface area contributed by atoms with Gasteiger partial charge in [0, 0.05) is 54.4 Å². The number of carbonyl (C=O) groups excluding carboxylic acids is 1. The summed E-state index contributed by atoms with van der Waals surface area (Å²) in [6.07, 6.45) is 4.74. The van der Waals surface area contributed by atoms with Gasteiger partial charge in [-0.3, -0.25) is 9.69 Å². The Balaban J connectivity index is 1.28. The maximum atomic E-state index is 13.1. The molecule has 6 nitrogen and oxygen atoms in total. The number of aryl methyl sites for hydroxylation is 3. The fourth-order valence-electron chi connectivity index (χ4n) is 4.54. The van der Waals surface area contributed by atoms with Gasteiger partial charge in [-0.15, -0.1) is 0 Å². The second-order valence-corrected chi connectivity index (χ2v) is 8.05. The average Bonchev–Trinajstić information content (AvgIpc) is 3.30. The largest absolute Gasteiger partial charge is 0.360 e. The molecule has 2 aromatic heterocycles. The summed E-state index contributed by atoms with van der Waals surface area (Å²) >= 11 is 0. The Bertz CT molecular complexity index is 1010. The number of nitrogens with zero attached hydrogens (tertiary/aromatic N) is 3. The molecule has 1 fully saturated rings. The molecule has 0 radical (unpaired) electrons. The summed E-state index contributed by atoms with van der Waals surface area (Å²) in [5.74, 6) is 1.03. The van der Waals surface area contributed by atoms with E-state index in [-0.39, 0.29) is 5.91 Å². The Morgan fingerprint density at radius 1 is 1.14 bits per heavy atom. The van der Waals surface area contributed by atoms with Crippen LogP contribution < -0.4 is 0 Å². The van der Waals surface area contributed by atoms with Crippen molar-refractivity contribution in [3.05, 3.63) is 52.5 Å². The van der Waals surface area contributed by atoms with Gasteiger partial charge in [0.15, 0.2) is 5.76 Å². The summed E-state index contributed by atoms with van der Waals surface area (Å²) in [6.45, 7) is 5.89. The summed E-state index contributed by atoms with van der Waals surface area (Å²) < 4.78 is 5.31. The van der Waals surface area contributed by atoms with Crippen molar-refractivity contribution in [2.24, 2.45) is 0 Å². The molecule has 3 aromatic rings. The fraction of sp³-hybridized carbons (Fsp3) is 0.455. The van der Waals surface area contributed by atoms with Crippen molar-refractivity contribution in [3.8, 4) is 0 Å². The molecule has 2 aliphatic rings. The van der Waals surface area contributed by atoms with Crippen molar-refractivity contribution in [1.82, 2.24) is 19.9 Å². The molecule has 6 heteroatoms. The standard InChI is InChI=1S/C22H26N4O2/c1-15-12-17(28-24-15)14-25-8-10-26(11-9-25)22(27)16-6-7-21-19(13-16)18-4-2-3-5-20(18)23-21/h6-7,12-13,23H,2-5,8-11,14H2,1H3. The number of nitrogens with one attached hydrogen (secondary N) is 1. The Morgan fingerprint density at radius 3 is 2.75 bits per heavy atom. The Hall–Kier alpha value is -2.60. The van der Waals surface area contributed by atoms with Crippen LogP contribution >= 0.6 is 0 Å². The molecule has 0 saturated carbocycles. The lowest BCUT2D eigenvalue weighted by Gasteiger charge is -2.34. The lowest BCUT2D eigenvalue weighted by Crippen LogP contribution is -2.48. The summed E-state index contributed by atoms with van der Waals surface area (Å²) in [7, 11) is 0. The number of aromatic amines is 1. The molecule has 3 heterocycles. The van der Waals surface area contributed by atoms with Crippen molar-refractivity contribution >= 4 is 16.8 Å². The van der Waals surface area contributed by atoms with Crippen LogP contribution in [0.4, 0.5) is 0 Å². The Morgan fingerprint density at radius 2 is 1.96 bits per heavy atom. The van der Waals surface area contributed by atoms with Crippen LogP contribution in [-0.4, -0.2) is 52.0 Å². The molecular weight excluding hydrogens is 352 g/mol. The monoisotopic (exact) mass is 378 g/mol. The van der Waals surface area contributed by atoms with Crippen LogP contribution in [-0.2, 0) is 19.4 Å². The molecule has 1 aromatic carbocycles. The number of amides is 1. The number of piperazine rings is 1. The second-order valence-electron chi connectivity index (χ2n) is 8.05. The van der Waals surface area contributed by atoms with Crippen LogP contribution in [0, 0.1) is 6.92 Å². The summed E-state index contributed by atoms with van der Waals surface area (Å²) in [5.41, 5.74) is 5.66. The van der Waals surface area contributed by atoms with E-state index >= 15 is 0 Å². The Labute approximate surface area is 164 Å². The first-order valence-corrected chi connectivity index (χ1v) is 10.2. The van der Waals surface area contributed by atoms with E-state index in [1.54, 1.807) is 0 Å². The second kappa shape index (κ2) is 7.09. The molecule has 0 atom stereocenters. The lowest BCUT2D eigenvalue weighted by atomic mass is 9.95. The molecule has 1 saturated heterocycles. The minimum Gasteiger partial charge on any atom is -0.360 e. The number of H-pyrrole nitrogens is 1. The zero-order valence-electron chi connectivity index (χ0n) is 16.3. The molecule has 0 spiro atoms. The first-order chi connectivity index (χ1) is 13.7. The van der Waals surface area contributed by atoms with Gasteiger partial charge in [0.25, 0.3) is 5.91 Å². The average molecular weight is 378 g/mol. The highest BCUT2D eigenvalue weighted by molar-refractivity contribution is 5.99. The Kier molecular flexibility index (Phi) is 4.43. The highest BCUT2D eigenvalue weighted by Crippen LogP contribution is 2.30. The molecule has 146 valence electrons. The van der Waals surface area contributed by atoms with Crippen LogP contribution in [0.5, 0.6) is 0 Å². The lowest BCUT2D eigenvalue weighted by molar-refractivity contribution is 0.0617. The van der Waals surface area contributed by atoms with Gasteiger partial charge in [0.2, 0.25) is 0 Å². The number of carbonyl (C=O) groups is 1. The molecule has 1 amide bonds. The zero-order valence-corrected chi connectivity index (χ0v) is 16.3. The predicted molar refractivity (Wildman–Crippen MR) is 107 cm³/mol. The van der Waals surface area contributed by atoms with Gasteiger partial charge in [-0.25, -0.2) is 0 Å². The van der Waals surface area contributed by atoms with E-state index in [1.807, 2.05) is 24.0 Å². The minimum absolute atomic E-state index is 0.141.